The van der Waals surface area contributed by atoms with Crippen LogP contribution in [-0.4, -0.2) is 11.1 Å². The van der Waals surface area contributed by atoms with E-state index in [1.54, 1.807) is 0 Å². The van der Waals surface area contributed by atoms with Gasteiger partial charge in [0.05, 0.1) is 0 Å². The largest absolute Gasteiger partial charge is 0.218 e. The summed E-state index contributed by atoms with van der Waals surface area (Å²) in [7, 11) is 0. The predicted octanol–water partition coefficient (Wildman–Crippen LogP) is 2.56. The molecule has 0 N–H and O–H groups in total. The lowest BCUT2D eigenvalue weighted by Crippen LogP contribution is -2.12. The number of rotatable bonds is 0. The zero-order chi connectivity index (χ0) is 9.12. The molecule has 0 radical (unpaired) electrons. The fourth-order valence-corrected chi connectivity index (χ4v) is 0.291. The van der Waals surface area contributed by atoms with Crippen molar-refractivity contribution in [2.24, 2.45) is 10.2 Å². The Hall–Kier alpha value is -0.690. The molecule has 0 spiro atoms. The Balaban J connectivity index is 4.25. The first kappa shape index (κ1) is 10.3. The van der Waals surface area contributed by atoms with Crippen LogP contribution < -0.4 is 4.91 Å². The fraction of sp³-hybridized carbons (Fsp3) is 1.00. The molecule has 0 rings (SSSR count). The lowest BCUT2D eigenvalue weighted by molar-refractivity contribution is 0.491. The van der Waals surface area contributed by atoms with E-state index in [4.69, 9.17) is 0 Å². The summed E-state index contributed by atoms with van der Waals surface area (Å²) < 4.78 is 0. The van der Waals surface area contributed by atoms with Gasteiger partial charge in [0, 0.05) is 0 Å². The Morgan fingerprint density at radius 3 is 1.18 bits per heavy atom. The molecule has 0 atom stereocenters. The third kappa shape index (κ3) is 9.31. The Morgan fingerprint density at radius 1 is 0.727 bits per heavy atom. The molecule has 0 saturated heterocycles. The van der Waals surface area contributed by atoms with Crippen molar-refractivity contribution in [2.75, 3.05) is 0 Å². The standard InChI is InChI=1S/C8H18N3/c1-7(2,3)9-11-10-8(4,5)6/h1-6H3/q+1. The third-order valence-electron chi connectivity index (χ3n) is 0.689. The van der Waals surface area contributed by atoms with E-state index in [0.717, 1.165) is 0 Å². The van der Waals surface area contributed by atoms with E-state index in [0.29, 0.717) is 0 Å². The molecule has 0 aliphatic heterocycles. The van der Waals surface area contributed by atoms with Crippen LogP contribution >= 0.6 is 0 Å². The second-order valence-corrected chi connectivity index (χ2v) is 4.63. The van der Waals surface area contributed by atoms with Crippen LogP contribution in [0.5, 0.6) is 0 Å². The summed E-state index contributed by atoms with van der Waals surface area (Å²) in [6.07, 6.45) is 0. The van der Waals surface area contributed by atoms with Crippen molar-refractivity contribution in [1.29, 1.82) is 0 Å². The van der Waals surface area contributed by atoms with E-state index >= 15 is 0 Å². The van der Waals surface area contributed by atoms with Gasteiger partial charge in [-0.1, -0.05) is 0 Å². The quantitative estimate of drug-likeness (QED) is 0.382. The molecule has 0 aliphatic rings. The summed E-state index contributed by atoms with van der Waals surface area (Å²) in [5, 5.41) is 8.00. The molecule has 0 amide bonds. The van der Waals surface area contributed by atoms with Crippen molar-refractivity contribution in [2.45, 2.75) is 52.6 Å². The maximum absolute atomic E-state index is 4.00. The van der Waals surface area contributed by atoms with Gasteiger partial charge in [-0.15, -0.1) is 0 Å². The zero-order valence-corrected chi connectivity index (χ0v) is 8.34. The molecule has 0 heterocycles. The lowest BCUT2D eigenvalue weighted by atomic mass is 10.1. The van der Waals surface area contributed by atoms with Gasteiger partial charge >= 0.3 is 0 Å². The summed E-state index contributed by atoms with van der Waals surface area (Å²) in [5.74, 6) is 0. The summed E-state index contributed by atoms with van der Waals surface area (Å²) in [5.41, 5.74) is -0.233. The van der Waals surface area contributed by atoms with Crippen molar-refractivity contribution in [3.05, 3.63) is 0 Å². The van der Waals surface area contributed by atoms with Crippen LogP contribution in [0.1, 0.15) is 41.5 Å². The van der Waals surface area contributed by atoms with Crippen molar-refractivity contribution in [1.82, 2.24) is 4.91 Å². The smallest absolute Gasteiger partial charge is 0.0331 e. The minimum absolute atomic E-state index is 0.116. The summed E-state index contributed by atoms with van der Waals surface area (Å²) >= 11 is 0. The molecule has 3 nitrogen and oxygen atoms in total. The molecular formula is C8H18N3+. The van der Waals surface area contributed by atoms with E-state index in [-0.39, 0.29) is 11.1 Å². The first-order valence-electron chi connectivity index (χ1n) is 3.85. The van der Waals surface area contributed by atoms with Gasteiger partial charge in [0.1, 0.15) is 21.3 Å². The lowest BCUT2D eigenvalue weighted by Gasteiger charge is -1.99. The molecule has 64 valence electrons. The predicted molar refractivity (Wildman–Crippen MR) is 46.5 cm³/mol. The van der Waals surface area contributed by atoms with Crippen LogP contribution in [0.3, 0.4) is 0 Å². The molecule has 3 heteroatoms. The van der Waals surface area contributed by atoms with E-state index < -0.39 is 0 Å². The Kier molecular flexibility index (Phi) is 2.94. The van der Waals surface area contributed by atoms with Crippen LogP contribution in [0.4, 0.5) is 0 Å². The van der Waals surface area contributed by atoms with Gasteiger partial charge in [-0.25, -0.2) is 0 Å². The molecule has 0 fully saturated rings. The van der Waals surface area contributed by atoms with Crippen LogP contribution in [0.15, 0.2) is 10.2 Å². The highest BCUT2D eigenvalue weighted by atomic mass is 15.3. The monoisotopic (exact) mass is 156 g/mol. The first-order valence-corrected chi connectivity index (χ1v) is 3.85. The Bertz CT molecular complexity index is 156. The molecule has 0 aromatic heterocycles. The Morgan fingerprint density at radius 2 is 1.00 bits per heavy atom. The van der Waals surface area contributed by atoms with Crippen molar-refractivity contribution in [3.63, 3.8) is 0 Å². The minimum atomic E-state index is -0.116. The number of hydrogen-bond acceptors (Lipinski definition) is 2. The van der Waals surface area contributed by atoms with Crippen LogP contribution in [-0.2, 0) is 0 Å². The van der Waals surface area contributed by atoms with E-state index in [9.17, 15) is 0 Å². The van der Waals surface area contributed by atoms with Crippen LogP contribution in [0, 0.1) is 0 Å². The van der Waals surface area contributed by atoms with Crippen molar-refractivity contribution < 1.29 is 0 Å². The topological polar surface area (TPSA) is 38.8 Å². The Labute approximate surface area is 68.6 Å². The highest BCUT2D eigenvalue weighted by Gasteiger charge is 2.17. The molecule has 0 unspecified atom stereocenters. The molecule has 0 bridgehead atoms. The van der Waals surface area contributed by atoms with Gasteiger partial charge in [0.25, 0.3) is 0 Å². The van der Waals surface area contributed by atoms with Crippen LogP contribution in [0.25, 0.3) is 0 Å². The van der Waals surface area contributed by atoms with Crippen molar-refractivity contribution in [3.8, 4) is 0 Å². The van der Waals surface area contributed by atoms with Crippen LogP contribution in [0.2, 0.25) is 0 Å². The van der Waals surface area contributed by atoms with Gasteiger partial charge in [-0.05, 0) is 41.5 Å². The van der Waals surface area contributed by atoms with Gasteiger partial charge in [-0.3, -0.25) is 0 Å². The zero-order valence-electron chi connectivity index (χ0n) is 8.34. The van der Waals surface area contributed by atoms with Gasteiger partial charge in [-0.2, -0.15) is 0 Å². The summed E-state index contributed by atoms with van der Waals surface area (Å²) in [6.45, 7) is 12.0. The van der Waals surface area contributed by atoms with Gasteiger partial charge in [0.2, 0.25) is 4.91 Å². The SMILES string of the molecule is CC(C)(C)N=[N+]=NC(C)(C)C. The maximum atomic E-state index is 4.00. The normalized spacial score (nSPS) is 12.2. The second kappa shape index (κ2) is 3.14. The molecular weight excluding hydrogens is 138 g/mol. The number of hydrogen-bond donors (Lipinski definition) is 0. The van der Waals surface area contributed by atoms with E-state index in [1.807, 2.05) is 41.5 Å². The average molecular weight is 156 g/mol. The fourth-order valence-electron chi connectivity index (χ4n) is 0.291. The molecule has 11 heavy (non-hydrogen) atoms. The molecule has 0 aliphatic carbocycles. The van der Waals surface area contributed by atoms with E-state index in [1.165, 1.54) is 0 Å². The minimum Gasteiger partial charge on any atom is -0.0331 e. The molecule has 0 aromatic carbocycles. The van der Waals surface area contributed by atoms with E-state index in [2.05, 4.69) is 15.1 Å². The summed E-state index contributed by atoms with van der Waals surface area (Å²) in [6, 6.07) is 0. The summed E-state index contributed by atoms with van der Waals surface area (Å²) in [4.78, 5) is 3.76. The average Bonchev–Trinajstić information content (AvgIpc) is 1.55. The molecule has 0 saturated carbocycles. The highest BCUT2D eigenvalue weighted by Crippen LogP contribution is 2.06. The maximum Gasteiger partial charge on any atom is 0.218 e. The molecule has 0 aromatic rings. The van der Waals surface area contributed by atoms with Gasteiger partial charge in [0.15, 0.2) is 0 Å². The third-order valence-corrected chi connectivity index (χ3v) is 0.689. The highest BCUT2D eigenvalue weighted by molar-refractivity contribution is 4.67. The van der Waals surface area contributed by atoms with Gasteiger partial charge < -0.3 is 0 Å². The first-order chi connectivity index (χ1) is 4.71. The van der Waals surface area contributed by atoms with Crippen molar-refractivity contribution >= 4 is 0 Å². The second-order valence-electron chi connectivity index (χ2n) is 4.63. The number of nitrogens with zero attached hydrogens (tertiary/aromatic N) is 3.